The Morgan fingerprint density at radius 1 is 0.967 bits per heavy atom. The Balaban J connectivity index is 1.59. The molecule has 30 heavy (non-hydrogen) atoms. The first-order valence-corrected chi connectivity index (χ1v) is 9.80. The number of fused-ring (bicyclic) bond motifs is 2. The van der Waals surface area contributed by atoms with E-state index in [-0.39, 0.29) is 11.8 Å². The topological polar surface area (TPSA) is 78.1 Å². The van der Waals surface area contributed by atoms with Crippen LogP contribution in [0, 0.1) is 0 Å². The molecule has 0 saturated carbocycles. The first-order valence-electron chi connectivity index (χ1n) is 9.80. The molecule has 0 radical (unpaired) electrons. The lowest BCUT2D eigenvalue weighted by Gasteiger charge is -2.39. The number of rotatable bonds is 3. The van der Waals surface area contributed by atoms with E-state index >= 15 is 0 Å². The van der Waals surface area contributed by atoms with Crippen LogP contribution in [0.4, 0.5) is 5.95 Å². The van der Waals surface area contributed by atoms with Crippen molar-refractivity contribution in [3.05, 3.63) is 95.6 Å². The number of amides is 2. The second kappa shape index (κ2) is 7.15. The molecule has 0 aliphatic carbocycles. The minimum absolute atomic E-state index is 0.0905. The molecule has 0 unspecified atom stereocenters. The monoisotopic (exact) mass is 396 g/mol. The number of carbonyl (C=O) groups is 2. The van der Waals surface area contributed by atoms with Crippen molar-refractivity contribution in [3.63, 3.8) is 0 Å². The molecule has 2 heterocycles. The van der Waals surface area contributed by atoms with Gasteiger partial charge in [-0.05, 0) is 29.3 Å². The van der Waals surface area contributed by atoms with Crippen molar-refractivity contribution >= 4 is 28.8 Å². The molecule has 2 N–H and O–H groups in total. The van der Waals surface area contributed by atoms with Crippen molar-refractivity contribution in [3.8, 4) is 0 Å². The van der Waals surface area contributed by atoms with E-state index in [4.69, 9.17) is 0 Å². The van der Waals surface area contributed by atoms with Gasteiger partial charge in [-0.2, -0.15) is 0 Å². The van der Waals surface area contributed by atoms with Gasteiger partial charge in [0.2, 0.25) is 11.9 Å². The Labute approximate surface area is 173 Å². The van der Waals surface area contributed by atoms with Crippen LogP contribution in [0.3, 0.4) is 0 Å². The molecule has 0 bridgehead atoms. The van der Waals surface area contributed by atoms with Crippen molar-refractivity contribution in [2.75, 3.05) is 12.4 Å². The number of aromatic nitrogens is 2. The molecule has 1 aromatic heterocycles. The third-order valence-electron chi connectivity index (χ3n) is 5.63. The number of H-pyrrole nitrogens is 1. The fraction of sp³-hybridized carbons (Fsp3) is 0.125. The van der Waals surface area contributed by atoms with Crippen LogP contribution in [0.5, 0.6) is 0 Å². The molecule has 2 atom stereocenters. The molecule has 2 amide bonds. The lowest BCUT2D eigenvalue weighted by atomic mass is 9.79. The second-order valence-electron chi connectivity index (χ2n) is 7.43. The lowest BCUT2D eigenvalue weighted by Crippen LogP contribution is -2.44. The summed E-state index contributed by atoms with van der Waals surface area (Å²) < 4.78 is 0. The van der Waals surface area contributed by atoms with Crippen LogP contribution in [-0.2, 0) is 4.79 Å². The zero-order valence-corrected chi connectivity index (χ0v) is 16.4. The molecule has 6 heteroatoms. The molecule has 6 nitrogen and oxygen atoms in total. The van der Waals surface area contributed by atoms with Gasteiger partial charge in [0.15, 0.2) is 0 Å². The highest BCUT2D eigenvalue weighted by molar-refractivity contribution is 6.04. The van der Waals surface area contributed by atoms with Crippen LogP contribution < -0.4 is 5.32 Å². The van der Waals surface area contributed by atoms with Gasteiger partial charge >= 0.3 is 0 Å². The number of likely N-dealkylation sites (N-methyl/N-ethyl adjacent to an activating group) is 1. The van der Waals surface area contributed by atoms with Crippen LogP contribution in [0.2, 0.25) is 0 Å². The van der Waals surface area contributed by atoms with Crippen LogP contribution in [0.25, 0.3) is 11.0 Å². The maximum Gasteiger partial charge on any atom is 0.254 e. The normalized spacial score (nSPS) is 18.3. The molecule has 3 aromatic carbocycles. The SMILES string of the molecule is CN1C(=O)c2ccccc2[C@H](C(=O)Nc2nc3ccccc3[nH]2)[C@@H]1c1ccccc1. The summed E-state index contributed by atoms with van der Waals surface area (Å²) in [7, 11) is 1.75. The smallest absolute Gasteiger partial charge is 0.254 e. The maximum absolute atomic E-state index is 13.5. The average Bonchev–Trinajstić information content (AvgIpc) is 3.18. The molecule has 0 fully saturated rings. The standard InChI is InChI=1S/C24H20N4O2/c1-28-21(15-9-3-2-4-10-15)20(16-11-5-6-12-17(16)23(28)30)22(29)27-24-25-18-13-7-8-14-19(18)26-24/h2-14,20-21H,1H3,(H2,25,26,27,29)/t20-,21-/m0/s1. The Morgan fingerprint density at radius 3 is 2.47 bits per heavy atom. The first kappa shape index (κ1) is 18.1. The number of hydrogen-bond donors (Lipinski definition) is 2. The Kier molecular flexibility index (Phi) is 4.32. The van der Waals surface area contributed by atoms with Gasteiger partial charge in [0.1, 0.15) is 0 Å². The predicted molar refractivity (Wildman–Crippen MR) is 115 cm³/mol. The third-order valence-corrected chi connectivity index (χ3v) is 5.63. The van der Waals surface area contributed by atoms with Crippen molar-refractivity contribution in [2.24, 2.45) is 0 Å². The highest BCUT2D eigenvalue weighted by Gasteiger charge is 2.42. The quantitative estimate of drug-likeness (QED) is 0.547. The molecule has 0 spiro atoms. The summed E-state index contributed by atoms with van der Waals surface area (Å²) in [6.07, 6.45) is 0. The van der Waals surface area contributed by atoms with E-state index in [0.717, 1.165) is 22.2 Å². The minimum atomic E-state index is -0.570. The highest BCUT2D eigenvalue weighted by Crippen LogP contribution is 2.42. The Hall–Kier alpha value is -3.93. The molecule has 148 valence electrons. The van der Waals surface area contributed by atoms with Gasteiger partial charge in [0.25, 0.3) is 5.91 Å². The van der Waals surface area contributed by atoms with Crippen LogP contribution in [0.15, 0.2) is 78.9 Å². The fourth-order valence-electron chi connectivity index (χ4n) is 4.23. The number of anilines is 1. The molecule has 4 aromatic rings. The van der Waals surface area contributed by atoms with Crippen molar-refractivity contribution in [1.82, 2.24) is 14.9 Å². The lowest BCUT2D eigenvalue weighted by molar-refractivity contribution is -0.119. The number of carbonyl (C=O) groups excluding carboxylic acids is 2. The summed E-state index contributed by atoms with van der Waals surface area (Å²) in [5.41, 5.74) is 3.82. The van der Waals surface area contributed by atoms with Crippen LogP contribution in [-0.4, -0.2) is 33.7 Å². The van der Waals surface area contributed by atoms with Gasteiger partial charge in [0.05, 0.1) is 23.0 Å². The molecule has 1 aliphatic rings. The maximum atomic E-state index is 13.5. The highest BCUT2D eigenvalue weighted by atomic mass is 16.2. The van der Waals surface area contributed by atoms with Crippen molar-refractivity contribution < 1.29 is 9.59 Å². The van der Waals surface area contributed by atoms with Gasteiger partial charge in [-0.15, -0.1) is 0 Å². The number of nitrogens with one attached hydrogen (secondary N) is 2. The first-order chi connectivity index (χ1) is 14.6. The summed E-state index contributed by atoms with van der Waals surface area (Å²) in [5.74, 6) is -0.480. The van der Waals surface area contributed by atoms with E-state index in [1.54, 1.807) is 18.0 Å². The zero-order valence-electron chi connectivity index (χ0n) is 16.4. The summed E-state index contributed by atoms with van der Waals surface area (Å²) in [5, 5.41) is 2.93. The molecule has 0 saturated heterocycles. The van der Waals surface area contributed by atoms with E-state index in [0.29, 0.717) is 11.5 Å². The largest absolute Gasteiger partial charge is 0.334 e. The summed E-state index contributed by atoms with van der Waals surface area (Å²) in [6, 6.07) is 24.2. The van der Waals surface area contributed by atoms with Gasteiger partial charge < -0.3 is 9.88 Å². The van der Waals surface area contributed by atoms with E-state index in [2.05, 4.69) is 15.3 Å². The number of imidazole rings is 1. The van der Waals surface area contributed by atoms with E-state index < -0.39 is 12.0 Å². The fourth-order valence-corrected chi connectivity index (χ4v) is 4.23. The number of nitrogens with zero attached hydrogens (tertiary/aromatic N) is 2. The summed E-state index contributed by atoms with van der Waals surface area (Å²) in [4.78, 5) is 35.8. The predicted octanol–water partition coefficient (Wildman–Crippen LogP) is 4.11. The second-order valence-corrected chi connectivity index (χ2v) is 7.43. The van der Waals surface area contributed by atoms with Crippen LogP contribution >= 0.6 is 0 Å². The average molecular weight is 396 g/mol. The van der Waals surface area contributed by atoms with E-state index in [9.17, 15) is 9.59 Å². The van der Waals surface area contributed by atoms with Crippen LogP contribution in [0.1, 0.15) is 33.4 Å². The zero-order chi connectivity index (χ0) is 20.7. The van der Waals surface area contributed by atoms with Crippen molar-refractivity contribution in [2.45, 2.75) is 12.0 Å². The van der Waals surface area contributed by atoms with Gasteiger partial charge in [-0.1, -0.05) is 60.7 Å². The van der Waals surface area contributed by atoms with E-state index in [1.807, 2.05) is 72.8 Å². The summed E-state index contributed by atoms with van der Waals surface area (Å²) >= 11 is 0. The van der Waals surface area contributed by atoms with Gasteiger partial charge in [-0.3, -0.25) is 14.9 Å². The summed E-state index contributed by atoms with van der Waals surface area (Å²) in [6.45, 7) is 0. The Morgan fingerprint density at radius 2 is 1.67 bits per heavy atom. The van der Waals surface area contributed by atoms with E-state index in [1.165, 1.54) is 0 Å². The molecule has 5 rings (SSSR count). The van der Waals surface area contributed by atoms with Gasteiger partial charge in [-0.25, -0.2) is 4.98 Å². The van der Waals surface area contributed by atoms with Crippen molar-refractivity contribution in [1.29, 1.82) is 0 Å². The minimum Gasteiger partial charge on any atom is -0.334 e. The molecular weight excluding hydrogens is 376 g/mol. The number of aromatic amines is 1. The van der Waals surface area contributed by atoms with Gasteiger partial charge in [0, 0.05) is 12.6 Å². The number of hydrogen-bond acceptors (Lipinski definition) is 3. The Bertz CT molecular complexity index is 1220. The molecule has 1 aliphatic heterocycles. The number of para-hydroxylation sites is 2. The number of benzene rings is 3. The molecular formula is C24H20N4O2. The third kappa shape index (κ3) is 2.93.